The third-order valence-corrected chi connectivity index (χ3v) is 6.23. The van der Waals surface area contributed by atoms with Crippen molar-refractivity contribution in [1.82, 2.24) is 0 Å². The molecule has 0 aliphatic heterocycles. The number of carbonyl (C=O) groups is 1. The van der Waals surface area contributed by atoms with Gasteiger partial charge in [-0.05, 0) is 26.3 Å². The predicted octanol–water partition coefficient (Wildman–Crippen LogP) is 4.61. The number of esters is 1. The molecule has 1 aromatic carbocycles. The molecule has 0 saturated heterocycles. The highest BCUT2D eigenvalue weighted by Gasteiger charge is 2.25. The number of hydrogen-bond donors (Lipinski definition) is 0. The second-order valence-electron chi connectivity index (χ2n) is 6.05. The Labute approximate surface area is 141 Å². The molecule has 0 spiro atoms. The van der Waals surface area contributed by atoms with Gasteiger partial charge in [-0.2, -0.15) is 0 Å². The summed E-state index contributed by atoms with van der Waals surface area (Å²) in [4.78, 5) is 11.8. The van der Waals surface area contributed by atoms with Crippen molar-refractivity contribution in [3.63, 3.8) is 0 Å². The summed E-state index contributed by atoms with van der Waals surface area (Å²) < 4.78 is 23.7. The Morgan fingerprint density at radius 3 is 2.36 bits per heavy atom. The molecule has 22 heavy (non-hydrogen) atoms. The van der Waals surface area contributed by atoms with E-state index in [-0.39, 0.29) is 18.6 Å². The second-order valence-corrected chi connectivity index (χ2v) is 9.62. The van der Waals surface area contributed by atoms with Gasteiger partial charge in [-0.25, -0.2) is 0 Å². The van der Waals surface area contributed by atoms with Crippen LogP contribution in [0.2, 0.25) is 0 Å². The van der Waals surface area contributed by atoms with E-state index in [1.807, 2.05) is 51.1 Å². The van der Waals surface area contributed by atoms with Crippen molar-refractivity contribution in [3.05, 3.63) is 35.9 Å². The summed E-state index contributed by atoms with van der Waals surface area (Å²) >= 11 is 3.30. The van der Waals surface area contributed by atoms with Gasteiger partial charge in [0.1, 0.15) is 5.60 Å². The van der Waals surface area contributed by atoms with Gasteiger partial charge in [0.15, 0.2) is 0 Å². The Bertz CT molecular complexity index is 511. The molecule has 0 N–H and O–H groups in total. The first-order valence-corrected chi connectivity index (χ1v) is 10.4. The van der Waals surface area contributed by atoms with Crippen LogP contribution >= 0.6 is 23.3 Å². The van der Waals surface area contributed by atoms with Gasteiger partial charge in [-0.3, -0.25) is 9.36 Å². The van der Waals surface area contributed by atoms with E-state index in [9.17, 15) is 9.36 Å². The molecule has 0 amide bonds. The molecule has 0 aliphatic rings. The SMILES string of the molecule is CC(C)(C)OC(=O)CCP(=O)(CCBr)OCc1ccccc1. The smallest absolute Gasteiger partial charge is 0.306 e. The van der Waals surface area contributed by atoms with E-state index >= 15 is 0 Å². The van der Waals surface area contributed by atoms with Gasteiger partial charge in [0.25, 0.3) is 0 Å². The zero-order valence-electron chi connectivity index (χ0n) is 13.4. The average molecular weight is 391 g/mol. The fourth-order valence-electron chi connectivity index (χ4n) is 1.79. The Hall–Kier alpha value is -0.640. The maximum absolute atomic E-state index is 12.8. The van der Waals surface area contributed by atoms with E-state index < -0.39 is 13.0 Å². The largest absolute Gasteiger partial charge is 0.460 e. The van der Waals surface area contributed by atoms with Crippen LogP contribution in [-0.2, 0) is 25.2 Å². The standard InChI is InChI=1S/C16H24BrO4P/c1-16(2,3)21-15(18)9-11-22(19,12-10-17)20-13-14-7-5-4-6-8-14/h4-8H,9-13H2,1-3H3. The third-order valence-electron chi connectivity index (χ3n) is 2.81. The van der Waals surface area contributed by atoms with Crippen LogP contribution in [0.3, 0.4) is 0 Å². The summed E-state index contributed by atoms with van der Waals surface area (Å²) in [6, 6.07) is 9.59. The van der Waals surface area contributed by atoms with Crippen LogP contribution in [-0.4, -0.2) is 29.2 Å². The number of rotatable bonds is 8. The average Bonchev–Trinajstić information content (AvgIpc) is 2.43. The van der Waals surface area contributed by atoms with Gasteiger partial charge < -0.3 is 9.26 Å². The zero-order valence-corrected chi connectivity index (χ0v) is 15.9. The molecule has 0 radical (unpaired) electrons. The Morgan fingerprint density at radius 2 is 1.82 bits per heavy atom. The first-order chi connectivity index (χ1) is 10.2. The van der Waals surface area contributed by atoms with Gasteiger partial charge in [0.2, 0.25) is 7.37 Å². The van der Waals surface area contributed by atoms with Crippen LogP contribution in [0.5, 0.6) is 0 Å². The van der Waals surface area contributed by atoms with E-state index in [0.29, 0.717) is 18.1 Å². The molecule has 0 fully saturated rings. The van der Waals surface area contributed by atoms with Gasteiger partial charge in [0.05, 0.1) is 13.0 Å². The van der Waals surface area contributed by atoms with Gasteiger partial charge in [-0.15, -0.1) is 0 Å². The zero-order chi connectivity index (χ0) is 16.6. The van der Waals surface area contributed by atoms with Gasteiger partial charge in [0, 0.05) is 17.7 Å². The summed E-state index contributed by atoms with van der Waals surface area (Å²) in [5.74, 6) is -0.342. The minimum atomic E-state index is -2.85. The van der Waals surface area contributed by atoms with Crippen LogP contribution in [0.25, 0.3) is 0 Å². The Balaban J connectivity index is 2.55. The van der Waals surface area contributed by atoms with Crippen molar-refractivity contribution in [2.24, 2.45) is 0 Å². The van der Waals surface area contributed by atoms with Crippen LogP contribution in [0.4, 0.5) is 0 Å². The molecular weight excluding hydrogens is 367 g/mol. The monoisotopic (exact) mass is 390 g/mol. The molecule has 1 unspecified atom stereocenters. The highest BCUT2D eigenvalue weighted by Crippen LogP contribution is 2.48. The van der Waals surface area contributed by atoms with E-state index in [4.69, 9.17) is 9.26 Å². The minimum Gasteiger partial charge on any atom is -0.460 e. The summed E-state index contributed by atoms with van der Waals surface area (Å²) in [6.07, 6.45) is 0.722. The molecule has 0 bridgehead atoms. The highest BCUT2D eigenvalue weighted by atomic mass is 79.9. The van der Waals surface area contributed by atoms with Crippen LogP contribution in [0.1, 0.15) is 32.8 Å². The van der Waals surface area contributed by atoms with Crippen molar-refractivity contribution in [3.8, 4) is 0 Å². The lowest BCUT2D eigenvalue weighted by Crippen LogP contribution is -2.24. The fourth-order valence-corrected chi connectivity index (χ4v) is 5.06. The summed E-state index contributed by atoms with van der Waals surface area (Å²) in [5.41, 5.74) is 0.441. The molecule has 0 aliphatic carbocycles. The number of benzene rings is 1. The normalized spacial score (nSPS) is 14.4. The number of ether oxygens (including phenoxy) is 1. The molecule has 124 valence electrons. The van der Waals surface area contributed by atoms with Crippen molar-refractivity contribution in [2.75, 3.05) is 17.7 Å². The minimum absolute atomic E-state index is 0.107. The number of hydrogen-bond acceptors (Lipinski definition) is 4. The van der Waals surface area contributed by atoms with Crippen LogP contribution in [0, 0.1) is 0 Å². The Kier molecular flexibility index (Phi) is 7.81. The van der Waals surface area contributed by atoms with Crippen molar-refractivity contribution < 1.29 is 18.6 Å². The molecule has 0 heterocycles. The first kappa shape index (κ1) is 19.4. The van der Waals surface area contributed by atoms with Crippen molar-refractivity contribution in [1.29, 1.82) is 0 Å². The number of carbonyl (C=O) groups excluding carboxylic acids is 1. The highest BCUT2D eigenvalue weighted by molar-refractivity contribution is 9.09. The van der Waals surface area contributed by atoms with Crippen molar-refractivity contribution in [2.45, 2.75) is 39.4 Å². The van der Waals surface area contributed by atoms with E-state index in [0.717, 1.165) is 5.56 Å². The number of alkyl halides is 1. The molecule has 1 aromatic rings. The lowest BCUT2D eigenvalue weighted by Gasteiger charge is -2.21. The molecule has 0 aromatic heterocycles. The quantitative estimate of drug-likeness (QED) is 0.369. The molecule has 1 rings (SSSR count). The van der Waals surface area contributed by atoms with Gasteiger partial charge in [-0.1, -0.05) is 46.3 Å². The summed E-state index contributed by atoms with van der Waals surface area (Å²) in [7, 11) is -2.85. The lowest BCUT2D eigenvalue weighted by atomic mass is 10.2. The molecule has 4 nitrogen and oxygen atoms in total. The Morgan fingerprint density at radius 1 is 1.18 bits per heavy atom. The summed E-state index contributed by atoms with van der Waals surface area (Å²) in [5, 5.41) is 0.577. The first-order valence-electron chi connectivity index (χ1n) is 7.28. The maximum atomic E-state index is 12.8. The lowest BCUT2D eigenvalue weighted by molar-refractivity contribution is -0.154. The maximum Gasteiger partial charge on any atom is 0.306 e. The van der Waals surface area contributed by atoms with Crippen molar-refractivity contribution >= 4 is 29.3 Å². The second kappa shape index (κ2) is 8.85. The summed E-state index contributed by atoms with van der Waals surface area (Å²) in [6.45, 7) is 5.73. The predicted molar refractivity (Wildman–Crippen MR) is 92.8 cm³/mol. The fraction of sp³-hybridized carbons (Fsp3) is 0.562. The molecule has 1 atom stereocenters. The molecular formula is C16H24BrO4P. The van der Waals surface area contributed by atoms with E-state index in [1.165, 1.54) is 0 Å². The molecule has 0 saturated carbocycles. The third kappa shape index (κ3) is 8.11. The van der Waals surface area contributed by atoms with Crippen LogP contribution in [0.15, 0.2) is 30.3 Å². The molecule has 6 heteroatoms. The van der Waals surface area contributed by atoms with E-state index in [2.05, 4.69) is 15.9 Å². The number of halogens is 1. The van der Waals surface area contributed by atoms with E-state index in [1.54, 1.807) is 0 Å². The van der Waals surface area contributed by atoms with Gasteiger partial charge >= 0.3 is 5.97 Å². The topological polar surface area (TPSA) is 52.6 Å². The van der Waals surface area contributed by atoms with Crippen LogP contribution < -0.4 is 0 Å².